The molecule has 0 aliphatic carbocycles. The second-order valence-corrected chi connectivity index (χ2v) is 6.18. The number of hydrogen-bond acceptors (Lipinski definition) is 2. The molecule has 128 valence electrons. The van der Waals surface area contributed by atoms with Crippen LogP contribution in [0.25, 0.3) is 6.08 Å². The van der Waals surface area contributed by atoms with Crippen LogP contribution in [0.1, 0.15) is 30.5 Å². The lowest BCUT2D eigenvalue weighted by atomic mass is 9.93. The minimum absolute atomic E-state index is 0.0610. The van der Waals surface area contributed by atoms with E-state index in [1.165, 1.54) is 25.1 Å². The van der Waals surface area contributed by atoms with Gasteiger partial charge in [0.15, 0.2) is 0 Å². The van der Waals surface area contributed by atoms with Crippen molar-refractivity contribution in [3.63, 3.8) is 0 Å². The third-order valence-electron chi connectivity index (χ3n) is 4.05. The first kappa shape index (κ1) is 17.2. The topological polar surface area (TPSA) is 49.4 Å². The normalized spacial score (nSPS) is 15.6. The molecule has 0 saturated carbocycles. The maximum Gasteiger partial charge on any atom is 0.226 e. The molecule has 0 radical (unpaired) electrons. The lowest BCUT2D eigenvalue weighted by molar-refractivity contribution is -0.129. The summed E-state index contributed by atoms with van der Waals surface area (Å²) in [6.45, 7) is 1.46. The number of rotatable bonds is 3. The fourth-order valence-corrected chi connectivity index (χ4v) is 3.06. The first-order valence-corrected chi connectivity index (χ1v) is 8.14. The Morgan fingerprint density at radius 2 is 2.00 bits per heavy atom. The summed E-state index contributed by atoms with van der Waals surface area (Å²) in [5.41, 5.74) is 2.29. The highest BCUT2D eigenvalue weighted by Gasteiger charge is 2.28. The molecular formula is C19H16ClFN2O2. The number of fused-ring (bicyclic) bond motifs is 1. The number of anilines is 1. The molecular weight excluding hydrogens is 343 g/mol. The highest BCUT2D eigenvalue weighted by molar-refractivity contribution is 6.31. The molecule has 2 aromatic carbocycles. The van der Waals surface area contributed by atoms with Crippen molar-refractivity contribution in [1.29, 1.82) is 0 Å². The van der Waals surface area contributed by atoms with Crippen LogP contribution in [0, 0.1) is 5.82 Å². The Kier molecular flexibility index (Phi) is 4.86. The van der Waals surface area contributed by atoms with Crippen molar-refractivity contribution in [3.05, 3.63) is 70.6 Å². The minimum atomic E-state index is -0.547. The second kappa shape index (κ2) is 7.07. The zero-order valence-electron chi connectivity index (χ0n) is 13.5. The van der Waals surface area contributed by atoms with Crippen LogP contribution in [0.3, 0.4) is 0 Å². The third-order valence-corrected chi connectivity index (χ3v) is 4.34. The Bertz CT molecular complexity index is 866. The molecule has 1 aliphatic rings. The quantitative estimate of drug-likeness (QED) is 0.885. The number of nitrogens with zero attached hydrogens (tertiary/aromatic N) is 1. The van der Waals surface area contributed by atoms with Crippen molar-refractivity contribution in [3.8, 4) is 0 Å². The first-order chi connectivity index (χ1) is 12.0. The average Bonchev–Trinajstić information content (AvgIpc) is 2.58. The highest BCUT2D eigenvalue weighted by Crippen LogP contribution is 2.33. The van der Waals surface area contributed by atoms with E-state index in [0.29, 0.717) is 5.69 Å². The van der Waals surface area contributed by atoms with Crippen LogP contribution < -0.4 is 5.32 Å². The third kappa shape index (κ3) is 3.72. The molecule has 6 heteroatoms. The van der Waals surface area contributed by atoms with E-state index in [0.717, 1.165) is 11.1 Å². The molecule has 3 rings (SSSR count). The van der Waals surface area contributed by atoms with Crippen LogP contribution in [0.15, 0.2) is 48.7 Å². The van der Waals surface area contributed by atoms with Gasteiger partial charge in [-0.1, -0.05) is 35.9 Å². The van der Waals surface area contributed by atoms with E-state index >= 15 is 0 Å². The summed E-state index contributed by atoms with van der Waals surface area (Å²) in [6.07, 6.45) is 3.62. The van der Waals surface area contributed by atoms with Gasteiger partial charge in [0.1, 0.15) is 5.82 Å². The average molecular weight is 359 g/mol. The summed E-state index contributed by atoms with van der Waals surface area (Å²) < 4.78 is 13.2. The molecule has 1 aliphatic heterocycles. The van der Waals surface area contributed by atoms with E-state index < -0.39 is 11.9 Å². The molecule has 1 atom stereocenters. The fraction of sp³-hybridized carbons (Fsp3) is 0.158. The Hall–Kier alpha value is -2.66. The van der Waals surface area contributed by atoms with E-state index in [4.69, 9.17) is 11.6 Å². The van der Waals surface area contributed by atoms with Crippen LogP contribution in [0.2, 0.25) is 5.02 Å². The minimum Gasteiger partial charge on any atom is -0.326 e. The fourth-order valence-electron chi connectivity index (χ4n) is 2.87. The molecule has 4 nitrogen and oxygen atoms in total. The number of halogens is 2. The predicted octanol–water partition coefficient (Wildman–Crippen LogP) is 4.38. The maximum atomic E-state index is 13.2. The Labute approximate surface area is 149 Å². The van der Waals surface area contributed by atoms with Crippen LogP contribution in [-0.4, -0.2) is 16.7 Å². The van der Waals surface area contributed by atoms with E-state index in [-0.39, 0.29) is 23.3 Å². The van der Waals surface area contributed by atoms with Gasteiger partial charge in [0.05, 0.1) is 17.5 Å². The lowest BCUT2D eigenvalue weighted by Crippen LogP contribution is -2.33. The van der Waals surface area contributed by atoms with Crippen LogP contribution >= 0.6 is 11.6 Å². The van der Waals surface area contributed by atoms with Gasteiger partial charge in [-0.05, 0) is 35.4 Å². The van der Waals surface area contributed by atoms with Crippen LogP contribution in [0.5, 0.6) is 0 Å². The van der Waals surface area contributed by atoms with Gasteiger partial charge in [0, 0.05) is 18.8 Å². The van der Waals surface area contributed by atoms with Crippen LogP contribution in [0.4, 0.5) is 10.1 Å². The van der Waals surface area contributed by atoms with Crippen molar-refractivity contribution >= 4 is 35.2 Å². The lowest BCUT2D eigenvalue weighted by Gasteiger charge is -2.32. The molecule has 1 heterocycles. The largest absolute Gasteiger partial charge is 0.326 e. The Morgan fingerprint density at radius 1 is 1.24 bits per heavy atom. The summed E-state index contributed by atoms with van der Waals surface area (Å²) in [5, 5.41) is 2.63. The van der Waals surface area contributed by atoms with Gasteiger partial charge < -0.3 is 10.2 Å². The maximum absolute atomic E-state index is 13.2. The van der Waals surface area contributed by atoms with E-state index in [9.17, 15) is 14.0 Å². The van der Waals surface area contributed by atoms with Gasteiger partial charge in [0.2, 0.25) is 11.8 Å². The number of carbonyl (C=O) groups excluding carboxylic acids is 2. The number of hydrogen-bond donors (Lipinski definition) is 1. The molecule has 0 saturated heterocycles. The number of amides is 2. The highest BCUT2D eigenvalue weighted by atomic mass is 35.5. The molecule has 2 aromatic rings. The van der Waals surface area contributed by atoms with Gasteiger partial charge in [-0.2, -0.15) is 0 Å². The number of carbonyl (C=O) groups is 2. The zero-order valence-corrected chi connectivity index (χ0v) is 14.3. The molecule has 0 unspecified atom stereocenters. The van der Waals surface area contributed by atoms with Crippen molar-refractivity contribution in [2.45, 2.75) is 19.4 Å². The van der Waals surface area contributed by atoms with Crippen molar-refractivity contribution < 1.29 is 14.0 Å². The summed E-state index contributed by atoms with van der Waals surface area (Å²) in [7, 11) is 0. The van der Waals surface area contributed by atoms with Crippen molar-refractivity contribution in [2.24, 2.45) is 0 Å². The standard InChI is InChI=1S/C19H16ClFN2O2/c1-12(24)23-9-8-13-4-2-3-5-15(13)18(23)11-19(25)22-14-6-7-17(21)16(20)10-14/h2-10,18H,11H2,1H3,(H,22,25)/t18-/m0/s1. The summed E-state index contributed by atoms with van der Waals surface area (Å²) in [5.74, 6) is -0.980. The zero-order chi connectivity index (χ0) is 18.0. The van der Waals surface area contributed by atoms with E-state index in [1.807, 2.05) is 30.3 Å². The van der Waals surface area contributed by atoms with Gasteiger partial charge in [-0.25, -0.2) is 4.39 Å². The smallest absolute Gasteiger partial charge is 0.226 e. The summed E-state index contributed by atoms with van der Waals surface area (Å²) in [4.78, 5) is 25.9. The van der Waals surface area contributed by atoms with E-state index in [1.54, 1.807) is 11.1 Å². The number of benzene rings is 2. The van der Waals surface area contributed by atoms with Gasteiger partial charge >= 0.3 is 0 Å². The van der Waals surface area contributed by atoms with Crippen molar-refractivity contribution in [2.75, 3.05) is 5.32 Å². The van der Waals surface area contributed by atoms with Crippen molar-refractivity contribution in [1.82, 2.24) is 4.90 Å². The van der Waals surface area contributed by atoms with Gasteiger partial charge in [-0.15, -0.1) is 0 Å². The molecule has 0 spiro atoms. The Morgan fingerprint density at radius 3 is 2.72 bits per heavy atom. The van der Waals surface area contributed by atoms with Gasteiger partial charge in [0.25, 0.3) is 0 Å². The SMILES string of the molecule is CC(=O)N1C=Cc2ccccc2[C@@H]1CC(=O)Nc1ccc(F)c(Cl)c1. The summed E-state index contributed by atoms with van der Waals surface area (Å²) in [6, 6.07) is 11.2. The molecule has 25 heavy (non-hydrogen) atoms. The first-order valence-electron chi connectivity index (χ1n) is 7.76. The summed E-state index contributed by atoms with van der Waals surface area (Å²) >= 11 is 5.73. The Balaban J connectivity index is 1.81. The number of nitrogens with one attached hydrogen (secondary N) is 1. The van der Waals surface area contributed by atoms with Gasteiger partial charge in [-0.3, -0.25) is 9.59 Å². The molecule has 2 amide bonds. The molecule has 0 fully saturated rings. The van der Waals surface area contributed by atoms with Crippen LogP contribution in [-0.2, 0) is 9.59 Å². The predicted molar refractivity (Wildman–Crippen MR) is 95.4 cm³/mol. The monoisotopic (exact) mass is 358 g/mol. The molecule has 1 N–H and O–H groups in total. The van der Waals surface area contributed by atoms with E-state index in [2.05, 4.69) is 5.32 Å². The molecule has 0 bridgehead atoms. The molecule has 0 aromatic heterocycles. The second-order valence-electron chi connectivity index (χ2n) is 5.77.